The average Bonchev–Trinajstić information content (AvgIpc) is 3.40. The zero-order chi connectivity index (χ0) is 30.4. The summed E-state index contributed by atoms with van der Waals surface area (Å²) >= 11 is 0. The summed E-state index contributed by atoms with van der Waals surface area (Å²) in [6.07, 6.45) is 1.06. The number of anilines is 1. The molecule has 1 saturated heterocycles. The molecule has 0 aliphatic carbocycles. The summed E-state index contributed by atoms with van der Waals surface area (Å²) in [6.45, 7) is 4.29. The van der Waals surface area contributed by atoms with Crippen LogP contribution in [0.15, 0.2) is 24.3 Å². The van der Waals surface area contributed by atoms with Crippen molar-refractivity contribution < 1.29 is 32.2 Å². The van der Waals surface area contributed by atoms with Gasteiger partial charge in [-0.25, -0.2) is 9.37 Å². The Morgan fingerprint density at radius 1 is 1.24 bits per heavy atom. The number of rotatable bonds is 13. The molecule has 2 N–H and O–H groups in total. The molecule has 0 saturated carbocycles. The summed E-state index contributed by atoms with van der Waals surface area (Å²) in [5.41, 5.74) is 3.02. The molecule has 1 fully saturated rings. The molecule has 0 unspecified atom stereocenters. The van der Waals surface area contributed by atoms with Gasteiger partial charge in [0.05, 0.1) is 13.7 Å². The van der Waals surface area contributed by atoms with Crippen LogP contribution in [0, 0.1) is 5.82 Å². The van der Waals surface area contributed by atoms with Gasteiger partial charge in [-0.05, 0) is 80.3 Å². The van der Waals surface area contributed by atoms with Crippen molar-refractivity contribution in [3.05, 3.63) is 52.5 Å². The van der Waals surface area contributed by atoms with Crippen molar-refractivity contribution in [2.75, 3.05) is 45.2 Å². The third-order valence-electron chi connectivity index (χ3n) is 8.28. The minimum absolute atomic E-state index is 0.0492. The second-order valence-electron chi connectivity index (χ2n) is 11.7. The number of carboxylic acids is 1. The number of aromatic nitrogens is 1. The summed E-state index contributed by atoms with van der Waals surface area (Å²) in [5, 5.41) is 13.5. The number of unbranched alkanes of at least 4 members (excludes halogenated alkanes) is 2. The molecular formula is C31H42F4N4O3. The van der Waals surface area contributed by atoms with E-state index >= 15 is 0 Å². The maximum Gasteiger partial charge on any atom is 0.401 e. The van der Waals surface area contributed by atoms with Gasteiger partial charge in [0.2, 0.25) is 0 Å². The highest BCUT2D eigenvalue weighted by Gasteiger charge is 2.40. The summed E-state index contributed by atoms with van der Waals surface area (Å²) in [5.74, 6) is -1.10. The zero-order valence-electron chi connectivity index (χ0n) is 24.6. The maximum absolute atomic E-state index is 14.9. The quantitative estimate of drug-likeness (QED) is 0.212. The fourth-order valence-electron chi connectivity index (χ4n) is 6.10. The normalized spacial score (nSPS) is 18.3. The number of hydrogen-bond acceptors (Lipinski definition) is 6. The Hall–Kier alpha value is -2.92. The Labute approximate surface area is 245 Å². The molecule has 2 aromatic rings. The molecule has 2 aliphatic rings. The number of aryl methyl sites for hydroxylation is 2. The van der Waals surface area contributed by atoms with Crippen molar-refractivity contribution in [2.45, 2.75) is 83.0 Å². The third-order valence-corrected chi connectivity index (χ3v) is 8.28. The number of carbonyl (C=O) groups is 1. The molecule has 232 valence electrons. The number of nitrogens with one attached hydrogen (secondary N) is 1. The lowest BCUT2D eigenvalue weighted by Gasteiger charge is -2.31. The first-order valence-corrected chi connectivity index (χ1v) is 14.8. The van der Waals surface area contributed by atoms with Gasteiger partial charge in [-0.2, -0.15) is 13.2 Å². The van der Waals surface area contributed by atoms with E-state index in [-0.39, 0.29) is 36.9 Å². The Morgan fingerprint density at radius 3 is 2.71 bits per heavy atom. The van der Waals surface area contributed by atoms with E-state index in [1.165, 1.54) is 23.6 Å². The largest absolute Gasteiger partial charge is 0.493 e. The van der Waals surface area contributed by atoms with Crippen LogP contribution in [0.2, 0.25) is 0 Å². The number of alkyl halides is 3. The van der Waals surface area contributed by atoms with Crippen molar-refractivity contribution in [3.8, 4) is 5.75 Å². The lowest BCUT2D eigenvalue weighted by molar-refractivity contribution is -0.151. The van der Waals surface area contributed by atoms with E-state index in [9.17, 15) is 27.5 Å². The molecule has 7 nitrogen and oxygen atoms in total. The van der Waals surface area contributed by atoms with Crippen LogP contribution >= 0.6 is 0 Å². The number of nitrogens with zero attached hydrogens (tertiary/aromatic N) is 3. The van der Waals surface area contributed by atoms with Crippen molar-refractivity contribution in [1.29, 1.82) is 0 Å². The number of methoxy groups -OCH3 is 1. The number of ether oxygens (including phenoxy) is 1. The van der Waals surface area contributed by atoms with E-state index in [1.54, 1.807) is 11.0 Å². The Bertz CT molecular complexity index is 1220. The van der Waals surface area contributed by atoms with Crippen LogP contribution in [0.25, 0.3) is 0 Å². The predicted octanol–water partition coefficient (Wildman–Crippen LogP) is 6.19. The van der Waals surface area contributed by atoms with Crippen LogP contribution in [0.5, 0.6) is 5.75 Å². The molecular weight excluding hydrogens is 552 g/mol. The van der Waals surface area contributed by atoms with Crippen molar-refractivity contribution in [2.24, 2.45) is 0 Å². The first-order valence-electron chi connectivity index (χ1n) is 14.8. The fourth-order valence-corrected chi connectivity index (χ4v) is 6.10. The number of fused-ring (bicyclic) bond motifs is 1. The van der Waals surface area contributed by atoms with Gasteiger partial charge in [-0.15, -0.1) is 0 Å². The highest BCUT2D eigenvalue weighted by Crippen LogP contribution is 2.37. The van der Waals surface area contributed by atoms with Gasteiger partial charge in [0.1, 0.15) is 11.9 Å². The smallest absolute Gasteiger partial charge is 0.401 e. The van der Waals surface area contributed by atoms with Crippen molar-refractivity contribution in [1.82, 2.24) is 14.8 Å². The van der Waals surface area contributed by atoms with Gasteiger partial charge >= 0.3 is 12.1 Å². The number of pyridine rings is 1. The summed E-state index contributed by atoms with van der Waals surface area (Å²) in [7, 11) is 1.28. The maximum atomic E-state index is 14.9. The van der Waals surface area contributed by atoms with Gasteiger partial charge in [0.25, 0.3) is 0 Å². The summed E-state index contributed by atoms with van der Waals surface area (Å²) < 4.78 is 60.9. The monoisotopic (exact) mass is 594 g/mol. The third kappa shape index (κ3) is 8.12. The van der Waals surface area contributed by atoms with E-state index in [4.69, 9.17) is 9.72 Å². The first kappa shape index (κ1) is 32.0. The highest BCUT2D eigenvalue weighted by molar-refractivity contribution is 5.77. The van der Waals surface area contributed by atoms with Crippen LogP contribution in [-0.4, -0.2) is 77.9 Å². The van der Waals surface area contributed by atoms with E-state index in [0.29, 0.717) is 18.4 Å². The minimum atomic E-state index is -4.38. The molecule has 0 radical (unpaired) electrons. The van der Waals surface area contributed by atoms with Crippen LogP contribution in [0.3, 0.4) is 0 Å². The molecule has 0 spiro atoms. The van der Waals surface area contributed by atoms with E-state index in [2.05, 4.69) is 11.4 Å². The lowest BCUT2D eigenvalue weighted by Crippen LogP contribution is -2.44. The van der Waals surface area contributed by atoms with Gasteiger partial charge in [0.15, 0.2) is 11.6 Å². The highest BCUT2D eigenvalue weighted by atomic mass is 19.4. The molecule has 3 heterocycles. The van der Waals surface area contributed by atoms with Crippen LogP contribution < -0.4 is 10.1 Å². The summed E-state index contributed by atoms with van der Waals surface area (Å²) in [4.78, 5) is 20.2. The number of likely N-dealkylation sites (tertiary alicyclic amines) is 1. The molecule has 0 amide bonds. The second-order valence-corrected chi connectivity index (χ2v) is 11.7. The lowest BCUT2D eigenvalue weighted by atomic mass is 9.95. The van der Waals surface area contributed by atoms with Crippen molar-refractivity contribution in [3.63, 3.8) is 0 Å². The zero-order valence-corrected chi connectivity index (χ0v) is 24.6. The number of halogens is 4. The number of benzene rings is 1. The molecule has 2 atom stereocenters. The SMILES string of the molecule is COc1c(F)cc(C(C)C)cc1[C@H](C(=O)O)N1CC[C@@H](N(CCCCCc2ccc3c(n2)NCCC3)CC(F)(F)F)C1. The Morgan fingerprint density at radius 2 is 2.02 bits per heavy atom. The number of aliphatic carboxylic acids is 1. The number of hydrogen-bond donors (Lipinski definition) is 2. The van der Waals surface area contributed by atoms with E-state index in [0.717, 1.165) is 50.2 Å². The molecule has 0 bridgehead atoms. The minimum Gasteiger partial charge on any atom is -0.493 e. The van der Waals surface area contributed by atoms with Gasteiger partial charge in [-0.1, -0.05) is 26.3 Å². The molecule has 11 heteroatoms. The van der Waals surface area contributed by atoms with Crippen LogP contribution in [0.4, 0.5) is 23.4 Å². The van der Waals surface area contributed by atoms with Crippen LogP contribution in [-0.2, 0) is 17.6 Å². The molecule has 1 aromatic carbocycles. The Kier molecular flexibility index (Phi) is 10.7. The van der Waals surface area contributed by atoms with E-state index < -0.39 is 36.6 Å². The first-order chi connectivity index (χ1) is 20.0. The average molecular weight is 595 g/mol. The fraction of sp³-hybridized carbons (Fsp3) is 0.613. The summed E-state index contributed by atoms with van der Waals surface area (Å²) in [6, 6.07) is 5.41. The molecule has 2 aliphatic heterocycles. The van der Waals surface area contributed by atoms with Crippen LogP contribution in [0.1, 0.15) is 80.3 Å². The molecule has 42 heavy (non-hydrogen) atoms. The number of carboxylic acid groups (broad SMARTS) is 1. The standard InChI is InChI=1S/C31H42F4N4O3/c1-20(2)22-16-25(28(42-3)26(32)17-22)27(30(40)41)38-15-12-24(18-38)39(19-31(33,34)35)14-6-4-5-9-23-11-10-21-8-7-13-36-29(21)37-23/h10-11,16-17,20,24,27H,4-9,12-15,18-19H2,1-3H3,(H,36,37)(H,40,41)/t24-,27-/m1/s1. The molecule has 1 aromatic heterocycles. The van der Waals surface area contributed by atoms with Gasteiger partial charge in [-0.3, -0.25) is 14.6 Å². The Balaban J connectivity index is 1.40. The topological polar surface area (TPSA) is 77.9 Å². The molecule has 4 rings (SSSR count). The predicted molar refractivity (Wildman–Crippen MR) is 154 cm³/mol. The van der Waals surface area contributed by atoms with Gasteiger partial charge in [0, 0.05) is 36.9 Å². The van der Waals surface area contributed by atoms with Crippen molar-refractivity contribution >= 4 is 11.8 Å². The second kappa shape index (κ2) is 14.0. The van der Waals surface area contributed by atoms with Gasteiger partial charge < -0.3 is 15.2 Å². The van der Waals surface area contributed by atoms with E-state index in [1.807, 2.05) is 19.9 Å².